The molecule has 1 fully saturated rings. The van der Waals surface area contributed by atoms with Crippen LogP contribution in [-0.2, 0) is 14.2 Å². The predicted molar refractivity (Wildman–Crippen MR) is 54.4 cm³/mol. The van der Waals surface area contributed by atoms with Crippen molar-refractivity contribution in [3.8, 4) is 0 Å². The monoisotopic (exact) mass is 202 g/mol. The van der Waals surface area contributed by atoms with Gasteiger partial charge in [-0.05, 0) is 0 Å². The first-order chi connectivity index (χ1) is 6.29. The average molecular weight is 202 g/mol. The van der Waals surface area contributed by atoms with E-state index in [9.17, 15) is 0 Å². The number of rotatable bonds is 5. The lowest BCUT2D eigenvalue weighted by Crippen LogP contribution is -2.29. The van der Waals surface area contributed by atoms with Gasteiger partial charge in [0, 0.05) is 26.0 Å². The third-order valence-electron chi connectivity index (χ3n) is 2.04. The minimum Gasteiger partial charge on any atom is -0.384 e. The maximum atomic E-state index is 5.76. The average Bonchev–Trinajstić information content (AvgIpc) is 2.48. The van der Waals surface area contributed by atoms with Gasteiger partial charge in [-0.3, -0.25) is 0 Å². The van der Waals surface area contributed by atoms with Crippen LogP contribution >= 0.6 is 11.8 Å². The van der Waals surface area contributed by atoms with Crippen molar-refractivity contribution in [2.24, 2.45) is 0 Å². The van der Waals surface area contributed by atoms with Crippen LogP contribution in [0.2, 0.25) is 0 Å². The second-order valence-electron chi connectivity index (χ2n) is 2.90. The zero-order valence-electron chi connectivity index (χ0n) is 8.06. The molecule has 0 bridgehead atoms. The topological polar surface area (TPSA) is 27.7 Å². The first-order valence-electron chi connectivity index (χ1n) is 4.30. The van der Waals surface area contributed by atoms with Gasteiger partial charge in [0.1, 0.15) is 7.85 Å². The summed E-state index contributed by atoms with van der Waals surface area (Å²) in [7, 11) is 9.15. The molecule has 3 nitrogen and oxygen atoms in total. The van der Waals surface area contributed by atoms with E-state index in [0.717, 1.165) is 12.4 Å². The highest BCUT2D eigenvalue weighted by Crippen LogP contribution is 2.26. The summed E-state index contributed by atoms with van der Waals surface area (Å²) >= 11 is 1.75. The lowest BCUT2D eigenvalue weighted by Gasteiger charge is -2.18. The summed E-state index contributed by atoms with van der Waals surface area (Å²) in [6, 6.07) is -0.202. The van der Waals surface area contributed by atoms with Crippen molar-refractivity contribution in [2.75, 3.05) is 33.2 Å². The Bertz CT molecular complexity index is 147. The Morgan fingerprint density at radius 2 is 2.31 bits per heavy atom. The zero-order chi connectivity index (χ0) is 9.68. The maximum absolute atomic E-state index is 5.76. The summed E-state index contributed by atoms with van der Waals surface area (Å²) in [6.45, 7) is 1.34. The van der Waals surface area contributed by atoms with Gasteiger partial charge < -0.3 is 14.2 Å². The van der Waals surface area contributed by atoms with Gasteiger partial charge in [0.15, 0.2) is 0 Å². The highest BCUT2D eigenvalue weighted by atomic mass is 32.2. The summed E-state index contributed by atoms with van der Waals surface area (Å²) in [4.78, 5) is 0. The van der Waals surface area contributed by atoms with Crippen molar-refractivity contribution in [3.63, 3.8) is 0 Å². The molecular formula is C8H15BO3S. The molecule has 13 heavy (non-hydrogen) atoms. The SMILES string of the molecule is [B][C@@H]1OC[C@H](OC)C1SCCOC. The van der Waals surface area contributed by atoms with Crippen molar-refractivity contribution in [1.82, 2.24) is 0 Å². The van der Waals surface area contributed by atoms with Crippen LogP contribution in [0, 0.1) is 0 Å². The maximum Gasteiger partial charge on any atom is 0.110 e. The summed E-state index contributed by atoms with van der Waals surface area (Å²) < 4.78 is 15.5. The molecule has 0 aliphatic carbocycles. The van der Waals surface area contributed by atoms with Crippen LogP contribution in [0.4, 0.5) is 0 Å². The highest BCUT2D eigenvalue weighted by Gasteiger charge is 2.34. The van der Waals surface area contributed by atoms with Crippen LogP contribution in [0.15, 0.2) is 0 Å². The number of methoxy groups -OCH3 is 2. The predicted octanol–water partition coefficient (Wildman–Crippen LogP) is 0.274. The van der Waals surface area contributed by atoms with Gasteiger partial charge in [0.2, 0.25) is 0 Å². The van der Waals surface area contributed by atoms with E-state index < -0.39 is 0 Å². The number of hydrogen-bond acceptors (Lipinski definition) is 4. The molecule has 0 aromatic carbocycles. The Morgan fingerprint density at radius 1 is 1.54 bits per heavy atom. The van der Waals surface area contributed by atoms with Crippen LogP contribution in [-0.4, -0.2) is 58.4 Å². The van der Waals surface area contributed by atoms with Gasteiger partial charge in [0.05, 0.1) is 24.6 Å². The van der Waals surface area contributed by atoms with E-state index in [4.69, 9.17) is 22.1 Å². The van der Waals surface area contributed by atoms with Gasteiger partial charge in [-0.1, -0.05) is 0 Å². The van der Waals surface area contributed by atoms with Gasteiger partial charge >= 0.3 is 0 Å². The second-order valence-corrected chi connectivity index (χ2v) is 4.19. The molecule has 1 aliphatic rings. The molecule has 0 aromatic heterocycles. The highest BCUT2D eigenvalue weighted by molar-refractivity contribution is 8.00. The second kappa shape index (κ2) is 5.91. The number of hydrogen-bond donors (Lipinski definition) is 0. The molecule has 1 unspecified atom stereocenters. The Balaban J connectivity index is 2.27. The third kappa shape index (κ3) is 3.16. The van der Waals surface area contributed by atoms with Crippen molar-refractivity contribution in [1.29, 1.82) is 0 Å². The van der Waals surface area contributed by atoms with E-state index in [1.807, 2.05) is 0 Å². The molecule has 0 amide bonds. The lowest BCUT2D eigenvalue weighted by molar-refractivity contribution is 0.0797. The molecular weight excluding hydrogens is 187 g/mol. The smallest absolute Gasteiger partial charge is 0.110 e. The van der Waals surface area contributed by atoms with E-state index in [0.29, 0.717) is 6.61 Å². The van der Waals surface area contributed by atoms with Crippen molar-refractivity contribution in [3.05, 3.63) is 0 Å². The summed E-state index contributed by atoms with van der Waals surface area (Å²) in [5, 5.41) is 0.236. The quantitative estimate of drug-likeness (QED) is 0.472. The Hall–Kier alpha value is 0.295. The van der Waals surface area contributed by atoms with Crippen LogP contribution in [0.5, 0.6) is 0 Å². The van der Waals surface area contributed by atoms with Gasteiger partial charge in [0.25, 0.3) is 0 Å². The summed E-state index contributed by atoms with van der Waals surface area (Å²) in [5.74, 6) is 0.929. The van der Waals surface area contributed by atoms with E-state index in [2.05, 4.69) is 0 Å². The van der Waals surface area contributed by atoms with Crippen LogP contribution in [0.3, 0.4) is 0 Å². The summed E-state index contributed by atoms with van der Waals surface area (Å²) in [5.41, 5.74) is 0. The fourth-order valence-corrected chi connectivity index (χ4v) is 2.49. The van der Waals surface area contributed by atoms with Gasteiger partial charge in [-0.25, -0.2) is 0 Å². The van der Waals surface area contributed by atoms with E-state index in [1.165, 1.54) is 0 Å². The molecule has 74 valence electrons. The largest absolute Gasteiger partial charge is 0.384 e. The van der Waals surface area contributed by atoms with Crippen LogP contribution < -0.4 is 0 Å². The summed E-state index contributed by atoms with van der Waals surface area (Å²) in [6.07, 6.45) is 0.122. The molecule has 2 radical (unpaired) electrons. The Kier molecular flexibility index (Phi) is 5.17. The molecule has 0 spiro atoms. The first kappa shape index (κ1) is 11.4. The molecule has 0 N–H and O–H groups in total. The molecule has 0 saturated carbocycles. The standard InChI is InChI=1S/C8H15BO3S/c1-10-3-4-13-7-6(11-2)5-12-8(7)9/h6-8H,3-5H2,1-2H3/t6-,7?,8+/m0/s1. The van der Waals surface area contributed by atoms with E-state index in [1.54, 1.807) is 26.0 Å². The first-order valence-corrected chi connectivity index (χ1v) is 5.35. The number of ether oxygens (including phenoxy) is 3. The van der Waals surface area contributed by atoms with Gasteiger partial charge in [-0.15, -0.1) is 0 Å². The van der Waals surface area contributed by atoms with E-state index in [-0.39, 0.29) is 17.4 Å². The molecule has 3 atom stereocenters. The normalized spacial score (nSPS) is 33.8. The fraction of sp³-hybridized carbons (Fsp3) is 1.00. The van der Waals surface area contributed by atoms with Crippen LogP contribution in [0.1, 0.15) is 0 Å². The minimum atomic E-state index is -0.202. The lowest BCUT2D eigenvalue weighted by atomic mass is 9.96. The molecule has 1 saturated heterocycles. The zero-order valence-corrected chi connectivity index (χ0v) is 8.88. The van der Waals surface area contributed by atoms with Crippen molar-refractivity contribution >= 4 is 19.6 Å². The molecule has 0 aromatic rings. The molecule has 5 heteroatoms. The van der Waals surface area contributed by atoms with Crippen molar-refractivity contribution < 1.29 is 14.2 Å². The third-order valence-corrected chi connectivity index (χ3v) is 3.40. The molecule has 1 heterocycles. The minimum absolute atomic E-state index is 0.122. The number of thioether (sulfide) groups is 1. The van der Waals surface area contributed by atoms with Crippen LogP contribution in [0.25, 0.3) is 0 Å². The fourth-order valence-electron chi connectivity index (χ4n) is 1.28. The Morgan fingerprint density at radius 3 is 2.92 bits per heavy atom. The molecule has 1 aliphatic heterocycles. The van der Waals surface area contributed by atoms with E-state index >= 15 is 0 Å². The molecule has 1 rings (SSSR count). The van der Waals surface area contributed by atoms with Gasteiger partial charge in [-0.2, -0.15) is 11.8 Å². The Labute approximate surface area is 84.9 Å². The van der Waals surface area contributed by atoms with Crippen molar-refractivity contribution in [2.45, 2.75) is 17.4 Å².